The van der Waals surface area contributed by atoms with Crippen LogP contribution >= 0.6 is 0 Å². The number of rotatable bonds is 7. The zero-order valence-electron chi connectivity index (χ0n) is 12.7. The van der Waals surface area contributed by atoms with Crippen LogP contribution in [-0.4, -0.2) is 37.1 Å². The number of allylic oxidation sites excluding steroid dienone is 1. The Morgan fingerprint density at radius 3 is 2.30 bits per heavy atom. The van der Waals surface area contributed by atoms with Crippen LogP contribution in [0.25, 0.3) is 6.08 Å². The Hall–Kier alpha value is -1.74. The van der Waals surface area contributed by atoms with Crippen LogP contribution in [0, 0.1) is 5.92 Å². The Kier molecular flexibility index (Phi) is 6.32. The number of Topliss-reactive ketones (excluding diaryl/α,β-unsaturated/α-hetero) is 2. The lowest BCUT2D eigenvalue weighted by Gasteiger charge is -2.17. The average molecular weight is 273 g/mol. The standard InChI is InChI=1S/C17H23NO2/c1-5-16(19)15(11-14-9-7-6-8-10-14)17(20)13(2)12-18(3)4/h6-11,13H,5,12H2,1-4H3/b15-11-/t13-/m1/s1. The highest BCUT2D eigenvalue weighted by molar-refractivity contribution is 6.23. The molecule has 0 bridgehead atoms. The van der Waals surface area contributed by atoms with E-state index >= 15 is 0 Å². The van der Waals surface area contributed by atoms with Gasteiger partial charge in [-0.05, 0) is 25.7 Å². The van der Waals surface area contributed by atoms with E-state index in [1.807, 2.05) is 56.3 Å². The third kappa shape index (κ3) is 4.74. The summed E-state index contributed by atoms with van der Waals surface area (Å²) in [4.78, 5) is 26.5. The number of benzene rings is 1. The van der Waals surface area contributed by atoms with Gasteiger partial charge in [0.25, 0.3) is 0 Å². The minimum atomic E-state index is -0.185. The molecule has 0 amide bonds. The number of hydrogen-bond acceptors (Lipinski definition) is 3. The van der Waals surface area contributed by atoms with Crippen molar-refractivity contribution < 1.29 is 9.59 Å². The van der Waals surface area contributed by atoms with E-state index < -0.39 is 0 Å². The molecule has 0 saturated carbocycles. The molecule has 0 radical (unpaired) electrons. The zero-order chi connectivity index (χ0) is 15.1. The maximum absolute atomic E-state index is 12.5. The monoisotopic (exact) mass is 273 g/mol. The first-order valence-corrected chi connectivity index (χ1v) is 6.94. The van der Waals surface area contributed by atoms with Gasteiger partial charge in [0, 0.05) is 18.9 Å². The van der Waals surface area contributed by atoms with Gasteiger partial charge in [0.15, 0.2) is 11.6 Å². The highest BCUT2D eigenvalue weighted by Gasteiger charge is 2.22. The van der Waals surface area contributed by atoms with Crippen molar-refractivity contribution in [3.05, 3.63) is 41.5 Å². The minimum absolute atomic E-state index is 0.0746. The highest BCUT2D eigenvalue weighted by Crippen LogP contribution is 2.15. The predicted octanol–water partition coefficient (Wildman–Crippen LogP) is 2.82. The highest BCUT2D eigenvalue weighted by atomic mass is 16.1. The van der Waals surface area contributed by atoms with Gasteiger partial charge in [-0.3, -0.25) is 9.59 Å². The van der Waals surface area contributed by atoms with Gasteiger partial charge in [-0.2, -0.15) is 0 Å². The van der Waals surface area contributed by atoms with E-state index in [0.717, 1.165) is 5.56 Å². The summed E-state index contributed by atoms with van der Waals surface area (Å²) < 4.78 is 0. The number of carbonyl (C=O) groups excluding carboxylic acids is 2. The molecule has 0 heterocycles. The minimum Gasteiger partial charge on any atom is -0.309 e. The summed E-state index contributed by atoms with van der Waals surface area (Å²) in [5.41, 5.74) is 1.20. The van der Waals surface area contributed by atoms with Gasteiger partial charge in [-0.15, -0.1) is 0 Å². The molecule has 0 aliphatic rings. The molecule has 0 aromatic heterocycles. The molecular weight excluding hydrogens is 250 g/mol. The molecule has 108 valence electrons. The van der Waals surface area contributed by atoms with E-state index in [1.165, 1.54) is 0 Å². The maximum atomic E-state index is 12.5. The van der Waals surface area contributed by atoms with Crippen LogP contribution in [0.2, 0.25) is 0 Å². The molecule has 3 nitrogen and oxygen atoms in total. The predicted molar refractivity (Wildman–Crippen MR) is 82.4 cm³/mol. The average Bonchev–Trinajstić information content (AvgIpc) is 2.43. The van der Waals surface area contributed by atoms with Crippen LogP contribution in [0.4, 0.5) is 0 Å². The van der Waals surface area contributed by atoms with Crippen molar-refractivity contribution in [2.24, 2.45) is 5.92 Å². The quantitative estimate of drug-likeness (QED) is 0.435. The van der Waals surface area contributed by atoms with Crippen LogP contribution in [0.1, 0.15) is 25.8 Å². The maximum Gasteiger partial charge on any atom is 0.170 e. The lowest BCUT2D eigenvalue weighted by atomic mass is 9.93. The molecule has 0 saturated heterocycles. The van der Waals surface area contributed by atoms with Crippen LogP contribution in [0.3, 0.4) is 0 Å². The van der Waals surface area contributed by atoms with Gasteiger partial charge in [-0.1, -0.05) is 44.2 Å². The van der Waals surface area contributed by atoms with Crippen molar-refractivity contribution in [1.82, 2.24) is 4.90 Å². The summed E-state index contributed by atoms with van der Waals surface area (Å²) in [6.07, 6.45) is 2.05. The van der Waals surface area contributed by atoms with Crippen molar-refractivity contribution in [3.63, 3.8) is 0 Å². The molecule has 3 heteroatoms. The van der Waals surface area contributed by atoms with Gasteiger partial charge in [0.05, 0.1) is 5.57 Å². The molecule has 1 rings (SSSR count). The van der Waals surface area contributed by atoms with Gasteiger partial charge in [0.2, 0.25) is 0 Å². The third-order valence-corrected chi connectivity index (χ3v) is 3.08. The van der Waals surface area contributed by atoms with Crippen molar-refractivity contribution in [1.29, 1.82) is 0 Å². The number of nitrogens with zero attached hydrogens (tertiary/aromatic N) is 1. The van der Waals surface area contributed by atoms with E-state index in [0.29, 0.717) is 18.5 Å². The Labute approximate surface area is 121 Å². The van der Waals surface area contributed by atoms with Crippen molar-refractivity contribution in [3.8, 4) is 0 Å². The van der Waals surface area contributed by atoms with Crippen LogP contribution in [0.15, 0.2) is 35.9 Å². The molecule has 1 aromatic carbocycles. The lowest BCUT2D eigenvalue weighted by molar-refractivity contribution is -0.123. The molecule has 0 N–H and O–H groups in total. The van der Waals surface area contributed by atoms with Gasteiger partial charge >= 0.3 is 0 Å². The second-order valence-corrected chi connectivity index (χ2v) is 5.27. The van der Waals surface area contributed by atoms with E-state index in [-0.39, 0.29) is 17.5 Å². The summed E-state index contributed by atoms with van der Waals surface area (Å²) in [5, 5.41) is 0. The van der Waals surface area contributed by atoms with Crippen molar-refractivity contribution in [2.45, 2.75) is 20.3 Å². The molecule has 0 spiro atoms. The summed E-state index contributed by atoms with van der Waals surface area (Å²) in [7, 11) is 3.85. The molecule has 0 fully saturated rings. The fourth-order valence-corrected chi connectivity index (χ4v) is 2.09. The first-order valence-electron chi connectivity index (χ1n) is 6.94. The molecule has 0 aliphatic heterocycles. The normalized spacial score (nSPS) is 13.3. The molecule has 0 unspecified atom stereocenters. The van der Waals surface area contributed by atoms with Crippen LogP contribution in [-0.2, 0) is 9.59 Å². The Balaban J connectivity index is 3.04. The summed E-state index contributed by atoms with van der Waals surface area (Å²) in [6.45, 7) is 4.29. The second kappa shape index (κ2) is 7.75. The van der Waals surface area contributed by atoms with Crippen molar-refractivity contribution in [2.75, 3.05) is 20.6 Å². The molecule has 1 atom stereocenters. The molecule has 1 aromatic rings. The second-order valence-electron chi connectivity index (χ2n) is 5.27. The largest absolute Gasteiger partial charge is 0.309 e. The zero-order valence-corrected chi connectivity index (χ0v) is 12.7. The molecule has 20 heavy (non-hydrogen) atoms. The van der Waals surface area contributed by atoms with E-state index in [1.54, 1.807) is 13.0 Å². The van der Waals surface area contributed by atoms with Gasteiger partial charge in [0.1, 0.15) is 0 Å². The van der Waals surface area contributed by atoms with Crippen LogP contribution < -0.4 is 0 Å². The number of hydrogen-bond donors (Lipinski definition) is 0. The number of carbonyl (C=O) groups is 2. The third-order valence-electron chi connectivity index (χ3n) is 3.08. The van der Waals surface area contributed by atoms with Gasteiger partial charge in [-0.25, -0.2) is 0 Å². The van der Waals surface area contributed by atoms with E-state index in [4.69, 9.17) is 0 Å². The summed E-state index contributed by atoms with van der Waals surface area (Å²) in [6, 6.07) is 9.50. The van der Waals surface area contributed by atoms with E-state index in [2.05, 4.69) is 0 Å². The fraction of sp³-hybridized carbons (Fsp3) is 0.412. The Bertz CT molecular complexity index is 489. The topological polar surface area (TPSA) is 37.4 Å². The Morgan fingerprint density at radius 1 is 1.20 bits per heavy atom. The van der Waals surface area contributed by atoms with Crippen molar-refractivity contribution >= 4 is 17.6 Å². The van der Waals surface area contributed by atoms with Crippen LogP contribution in [0.5, 0.6) is 0 Å². The molecule has 0 aliphatic carbocycles. The molecular formula is C17H23NO2. The lowest BCUT2D eigenvalue weighted by Crippen LogP contribution is -2.28. The summed E-state index contributed by atoms with van der Waals surface area (Å²) in [5.74, 6) is -0.352. The SMILES string of the molecule is CCC(=O)/C(=C/c1ccccc1)C(=O)[C@H](C)CN(C)C. The van der Waals surface area contributed by atoms with E-state index in [9.17, 15) is 9.59 Å². The first kappa shape index (κ1) is 16.3. The van der Waals surface area contributed by atoms with Gasteiger partial charge < -0.3 is 4.90 Å². The first-order chi connectivity index (χ1) is 9.45. The summed E-state index contributed by atoms with van der Waals surface area (Å²) >= 11 is 0. The number of ketones is 2. The Morgan fingerprint density at radius 2 is 1.80 bits per heavy atom. The smallest absolute Gasteiger partial charge is 0.170 e. The fourth-order valence-electron chi connectivity index (χ4n) is 2.09.